The SMILES string of the molecule is CCOC(OCC)C(CO)(OCc1ccc(OC)cc1)[C@H](O)[C@H]1COC(C)(C)O1. The maximum Gasteiger partial charge on any atom is 0.191 e. The lowest BCUT2D eigenvalue weighted by atomic mass is 9.91. The summed E-state index contributed by atoms with van der Waals surface area (Å²) < 4.78 is 34.1. The van der Waals surface area contributed by atoms with Gasteiger partial charge in [0.25, 0.3) is 0 Å². The molecular formula is C21H34O8. The summed E-state index contributed by atoms with van der Waals surface area (Å²) in [6, 6.07) is 7.33. The van der Waals surface area contributed by atoms with Gasteiger partial charge in [-0.3, -0.25) is 0 Å². The molecule has 1 saturated heterocycles. The zero-order valence-electron chi connectivity index (χ0n) is 17.9. The summed E-state index contributed by atoms with van der Waals surface area (Å²) in [7, 11) is 1.60. The van der Waals surface area contributed by atoms with Crippen molar-refractivity contribution in [2.75, 3.05) is 33.5 Å². The molecule has 0 saturated carbocycles. The Morgan fingerprint density at radius 2 is 1.79 bits per heavy atom. The van der Waals surface area contributed by atoms with Crippen LogP contribution < -0.4 is 4.74 Å². The molecule has 1 heterocycles. The Balaban J connectivity index is 2.28. The summed E-state index contributed by atoms with van der Waals surface area (Å²) in [5.41, 5.74) is -0.730. The Bertz CT molecular complexity index is 599. The van der Waals surface area contributed by atoms with Crippen molar-refractivity contribution < 1.29 is 38.6 Å². The van der Waals surface area contributed by atoms with Crippen LogP contribution in [0.1, 0.15) is 33.3 Å². The lowest BCUT2D eigenvalue weighted by Gasteiger charge is -2.43. The summed E-state index contributed by atoms with van der Waals surface area (Å²) in [6.07, 6.45) is -2.96. The van der Waals surface area contributed by atoms with Crippen LogP contribution in [0.4, 0.5) is 0 Å². The first kappa shape index (κ1) is 24.0. The van der Waals surface area contributed by atoms with Gasteiger partial charge in [0, 0.05) is 13.2 Å². The van der Waals surface area contributed by atoms with Gasteiger partial charge in [-0.05, 0) is 45.4 Å². The molecule has 2 rings (SSSR count). The minimum atomic E-state index is -1.57. The van der Waals surface area contributed by atoms with Gasteiger partial charge in [-0.25, -0.2) is 0 Å². The third-order valence-electron chi connectivity index (χ3n) is 4.83. The number of hydrogen-bond donors (Lipinski definition) is 2. The highest BCUT2D eigenvalue weighted by Gasteiger charge is 2.54. The fourth-order valence-corrected chi connectivity index (χ4v) is 3.26. The van der Waals surface area contributed by atoms with Crippen LogP contribution in [-0.2, 0) is 30.3 Å². The molecular weight excluding hydrogens is 380 g/mol. The second kappa shape index (κ2) is 10.7. The van der Waals surface area contributed by atoms with Gasteiger partial charge in [-0.2, -0.15) is 0 Å². The van der Waals surface area contributed by atoms with Crippen molar-refractivity contribution >= 4 is 0 Å². The van der Waals surface area contributed by atoms with Gasteiger partial charge in [0.15, 0.2) is 17.7 Å². The van der Waals surface area contributed by atoms with E-state index in [9.17, 15) is 10.2 Å². The lowest BCUT2D eigenvalue weighted by molar-refractivity contribution is -0.306. The zero-order valence-corrected chi connectivity index (χ0v) is 17.9. The summed E-state index contributed by atoms with van der Waals surface area (Å²) >= 11 is 0. The summed E-state index contributed by atoms with van der Waals surface area (Å²) in [5.74, 6) is -0.113. The van der Waals surface area contributed by atoms with Crippen molar-refractivity contribution in [2.24, 2.45) is 0 Å². The number of aliphatic hydroxyl groups is 2. The van der Waals surface area contributed by atoms with Gasteiger partial charge >= 0.3 is 0 Å². The minimum absolute atomic E-state index is 0.120. The van der Waals surface area contributed by atoms with E-state index in [2.05, 4.69) is 0 Å². The van der Waals surface area contributed by atoms with Crippen molar-refractivity contribution in [3.63, 3.8) is 0 Å². The van der Waals surface area contributed by atoms with Gasteiger partial charge in [0.05, 0.1) is 26.9 Å². The van der Waals surface area contributed by atoms with Crippen LogP contribution in [-0.4, -0.2) is 73.6 Å². The van der Waals surface area contributed by atoms with E-state index < -0.39 is 36.5 Å². The van der Waals surface area contributed by atoms with Crippen molar-refractivity contribution in [1.29, 1.82) is 0 Å². The highest BCUT2D eigenvalue weighted by molar-refractivity contribution is 5.26. The number of rotatable bonds is 12. The average molecular weight is 414 g/mol. The second-order valence-electron chi connectivity index (χ2n) is 7.30. The minimum Gasteiger partial charge on any atom is -0.497 e. The molecule has 0 spiro atoms. The Morgan fingerprint density at radius 3 is 2.24 bits per heavy atom. The molecule has 0 aromatic heterocycles. The normalized spacial score (nSPS) is 21.9. The van der Waals surface area contributed by atoms with Gasteiger partial charge in [-0.15, -0.1) is 0 Å². The predicted octanol–water partition coefficient (Wildman–Crippen LogP) is 1.85. The van der Waals surface area contributed by atoms with Crippen LogP contribution in [0.25, 0.3) is 0 Å². The van der Waals surface area contributed by atoms with Crippen molar-refractivity contribution in [1.82, 2.24) is 0 Å². The van der Waals surface area contributed by atoms with Gasteiger partial charge in [-0.1, -0.05) is 12.1 Å². The van der Waals surface area contributed by atoms with Crippen LogP contribution in [0.5, 0.6) is 5.75 Å². The Kier molecular flexibility index (Phi) is 8.84. The Morgan fingerprint density at radius 1 is 1.17 bits per heavy atom. The topological polar surface area (TPSA) is 95.8 Å². The molecule has 1 aliphatic heterocycles. The molecule has 1 unspecified atom stereocenters. The van der Waals surface area contributed by atoms with Crippen LogP contribution in [0, 0.1) is 0 Å². The number of aliphatic hydroxyl groups excluding tert-OH is 2. The van der Waals surface area contributed by atoms with E-state index >= 15 is 0 Å². The van der Waals surface area contributed by atoms with E-state index in [1.165, 1.54) is 0 Å². The quantitative estimate of drug-likeness (QED) is 0.501. The predicted molar refractivity (Wildman–Crippen MR) is 106 cm³/mol. The first-order valence-corrected chi connectivity index (χ1v) is 9.92. The molecule has 29 heavy (non-hydrogen) atoms. The van der Waals surface area contributed by atoms with E-state index in [4.69, 9.17) is 28.4 Å². The first-order chi connectivity index (χ1) is 13.8. The lowest BCUT2D eigenvalue weighted by Crippen LogP contribution is -2.63. The molecule has 3 atom stereocenters. The molecule has 1 aromatic carbocycles. The molecule has 0 bridgehead atoms. The number of hydrogen-bond acceptors (Lipinski definition) is 8. The number of benzene rings is 1. The molecule has 1 fully saturated rings. The summed E-state index contributed by atoms with van der Waals surface area (Å²) in [5, 5.41) is 21.6. The maximum atomic E-state index is 11.2. The van der Waals surface area contributed by atoms with E-state index in [1.807, 2.05) is 38.1 Å². The molecule has 0 amide bonds. The standard InChI is InChI=1S/C21H34O8/c1-6-25-19(26-7-2)21(14-22,18(23)17-13-27-20(3,4)29-17)28-12-15-8-10-16(24-5)11-9-15/h8-11,17-19,22-23H,6-7,12-14H2,1-5H3/t17-,18-,21?/m1/s1. The van der Waals surface area contributed by atoms with Crippen LogP contribution in [0.15, 0.2) is 24.3 Å². The average Bonchev–Trinajstić information content (AvgIpc) is 3.09. The first-order valence-electron chi connectivity index (χ1n) is 9.92. The Hall–Kier alpha value is -1.26. The van der Waals surface area contributed by atoms with Gasteiger partial charge in [0.2, 0.25) is 0 Å². The summed E-state index contributed by atoms with van der Waals surface area (Å²) in [6.45, 7) is 7.53. The maximum absolute atomic E-state index is 11.2. The third-order valence-corrected chi connectivity index (χ3v) is 4.83. The molecule has 0 aliphatic carbocycles. The zero-order chi connectivity index (χ0) is 21.5. The molecule has 0 radical (unpaired) electrons. The highest BCUT2D eigenvalue weighted by Crippen LogP contribution is 2.34. The Labute approximate surface area is 172 Å². The molecule has 1 aliphatic rings. The summed E-state index contributed by atoms with van der Waals surface area (Å²) in [4.78, 5) is 0. The van der Waals surface area contributed by atoms with E-state index in [-0.39, 0.29) is 13.2 Å². The van der Waals surface area contributed by atoms with Crippen molar-refractivity contribution in [3.05, 3.63) is 29.8 Å². The molecule has 2 N–H and O–H groups in total. The molecule has 1 aromatic rings. The molecule has 166 valence electrons. The van der Waals surface area contributed by atoms with Gasteiger partial charge in [0.1, 0.15) is 18.0 Å². The van der Waals surface area contributed by atoms with Crippen molar-refractivity contribution in [3.8, 4) is 5.75 Å². The highest BCUT2D eigenvalue weighted by atomic mass is 16.8. The van der Waals surface area contributed by atoms with Crippen LogP contribution in [0.2, 0.25) is 0 Å². The van der Waals surface area contributed by atoms with Crippen LogP contribution >= 0.6 is 0 Å². The fraction of sp³-hybridized carbons (Fsp3) is 0.714. The van der Waals surface area contributed by atoms with Gasteiger partial charge < -0.3 is 38.6 Å². The third kappa shape index (κ3) is 5.88. The van der Waals surface area contributed by atoms with Crippen molar-refractivity contribution in [2.45, 2.75) is 64.2 Å². The monoisotopic (exact) mass is 414 g/mol. The largest absolute Gasteiger partial charge is 0.497 e. The van der Waals surface area contributed by atoms with E-state index in [0.29, 0.717) is 13.2 Å². The molecule has 8 nitrogen and oxygen atoms in total. The van der Waals surface area contributed by atoms with E-state index in [1.54, 1.807) is 21.0 Å². The molecule has 8 heteroatoms. The van der Waals surface area contributed by atoms with E-state index in [0.717, 1.165) is 11.3 Å². The van der Waals surface area contributed by atoms with Crippen LogP contribution in [0.3, 0.4) is 0 Å². The number of ether oxygens (including phenoxy) is 6. The number of methoxy groups -OCH3 is 1. The smallest absolute Gasteiger partial charge is 0.191 e. The second-order valence-corrected chi connectivity index (χ2v) is 7.30. The fourth-order valence-electron chi connectivity index (χ4n) is 3.26.